The first-order valence-electron chi connectivity index (χ1n) is 7.14. The summed E-state index contributed by atoms with van der Waals surface area (Å²) in [6.07, 6.45) is 5.45. The summed E-state index contributed by atoms with van der Waals surface area (Å²) in [5.74, 6) is 0.133. The largest absolute Gasteiger partial charge is 0.309 e. The molecule has 1 saturated heterocycles. The molecule has 1 fully saturated rings. The zero-order valence-corrected chi connectivity index (χ0v) is 13.1. The molecule has 0 spiro atoms. The molecule has 3 rings (SSSR count). The molecule has 112 valence electrons. The van der Waals surface area contributed by atoms with Crippen molar-refractivity contribution >= 4 is 23.4 Å². The first-order valence-corrected chi connectivity index (χ1v) is 8.02. The van der Waals surface area contributed by atoms with Crippen LogP contribution in [0.2, 0.25) is 0 Å². The number of carbonyl (C=O) groups is 1. The molecule has 0 aliphatic carbocycles. The van der Waals surface area contributed by atoms with E-state index < -0.39 is 0 Å². The zero-order chi connectivity index (χ0) is 15.5. The molecule has 0 radical (unpaired) electrons. The van der Waals surface area contributed by atoms with E-state index in [1.165, 1.54) is 0 Å². The average molecular weight is 312 g/mol. The molecule has 1 amide bonds. The number of nitrogens with zero attached hydrogens (tertiary/aromatic N) is 4. The number of piperidine rings is 1. The molecule has 2 heterocycles. The molecule has 22 heavy (non-hydrogen) atoms. The first kappa shape index (κ1) is 14.7. The van der Waals surface area contributed by atoms with Gasteiger partial charge in [-0.05, 0) is 37.1 Å². The second-order valence-corrected chi connectivity index (χ2v) is 6.52. The summed E-state index contributed by atoms with van der Waals surface area (Å²) < 4.78 is 1.71. The van der Waals surface area contributed by atoms with Crippen molar-refractivity contribution < 1.29 is 4.79 Å². The Morgan fingerprint density at radius 3 is 2.77 bits per heavy atom. The SMILES string of the molecule is Cn1cc(N2CCC[C@H](Sc3ccc(C#N)cc3)C2=O)cn1. The van der Waals surface area contributed by atoms with Crippen molar-refractivity contribution in [1.29, 1.82) is 5.26 Å². The van der Waals surface area contributed by atoms with Gasteiger partial charge in [0.2, 0.25) is 5.91 Å². The molecule has 1 aromatic carbocycles. The highest BCUT2D eigenvalue weighted by atomic mass is 32.2. The third kappa shape index (κ3) is 3.00. The van der Waals surface area contributed by atoms with Crippen LogP contribution in [0, 0.1) is 11.3 Å². The van der Waals surface area contributed by atoms with Gasteiger partial charge in [-0.3, -0.25) is 9.48 Å². The summed E-state index contributed by atoms with van der Waals surface area (Å²) in [4.78, 5) is 15.5. The summed E-state index contributed by atoms with van der Waals surface area (Å²) >= 11 is 1.57. The molecule has 0 bridgehead atoms. The Kier molecular flexibility index (Phi) is 4.16. The van der Waals surface area contributed by atoms with E-state index in [9.17, 15) is 4.79 Å². The second kappa shape index (κ2) is 6.24. The van der Waals surface area contributed by atoms with Crippen molar-refractivity contribution in [3.8, 4) is 6.07 Å². The van der Waals surface area contributed by atoms with Gasteiger partial charge in [-0.15, -0.1) is 11.8 Å². The van der Waals surface area contributed by atoms with Crippen LogP contribution in [-0.2, 0) is 11.8 Å². The van der Waals surface area contributed by atoms with Crippen molar-refractivity contribution in [2.75, 3.05) is 11.4 Å². The number of aryl methyl sites for hydroxylation is 1. The van der Waals surface area contributed by atoms with Crippen LogP contribution < -0.4 is 4.90 Å². The van der Waals surface area contributed by atoms with Crippen LogP contribution in [-0.4, -0.2) is 27.5 Å². The Balaban J connectivity index is 1.73. The molecule has 1 aliphatic heterocycles. The summed E-state index contributed by atoms with van der Waals surface area (Å²) in [7, 11) is 1.85. The van der Waals surface area contributed by atoms with E-state index in [2.05, 4.69) is 11.2 Å². The lowest BCUT2D eigenvalue weighted by atomic mass is 10.1. The molecule has 0 saturated carbocycles. The van der Waals surface area contributed by atoms with E-state index in [0.29, 0.717) is 5.56 Å². The molecular weight excluding hydrogens is 296 g/mol. The summed E-state index contributed by atoms with van der Waals surface area (Å²) in [5.41, 5.74) is 1.49. The minimum Gasteiger partial charge on any atom is -0.309 e. The van der Waals surface area contributed by atoms with Gasteiger partial charge < -0.3 is 4.90 Å². The lowest BCUT2D eigenvalue weighted by molar-refractivity contribution is -0.119. The van der Waals surface area contributed by atoms with Crippen LogP contribution in [0.3, 0.4) is 0 Å². The maximum Gasteiger partial charge on any atom is 0.240 e. The van der Waals surface area contributed by atoms with Crippen LogP contribution in [0.1, 0.15) is 18.4 Å². The van der Waals surface area contributed by atoms with Gasteiger partial charge in [-0.25, -0.2) is 0 Å². The van der Waals surface area contributed by atoms with Gasteiger partial charge in [0.15, 0.2) is 0 Å². The van der Waals surface area contributed by atoms with Gasteiger partial charge in [-0.1, -0.05) is 0 Å². The number of hydrogen-bond acceptors (Lipinski definition) is 4. The van der Waals surface area contributed by atoms with Gasteiger partial charge in [0, 0.05) is 24.7 Å². The highest BCUT2D eigenvalue weighted by Gasteiger charge is 2.30. The lowest BCUT2D eigenvalue weighted by Crippen LogP contribution is -2.42. The fourth-order valence-corrected chi connectivity index (χ4v) is 3.66. The quantitative estimate of drug-likeness (QED) is 0.874. The topological polar surface area (TPSA) is 61.9 Å². The number of carbonyl (C=O) groups excluding carboxylic acids is 1. The predicted octanol–water partition coefficient (Wildman–Crippen LogP) is 2.58. The van der Waals surface area contributed by atoms with Crippen LogP contribution in [0.25, 0.3) is 0 Å². The average Bonchev–Trinajstić information content (AvgIpc) is 2.96. The predicted molar refractivity (Wildman–Crippen MR) is 85.6 cm³/mol. The Bertz CT molecular complexity index is 716. The Hall–Kier alpha value is -2.26. The Morgan fingerprint density at radius 1 is 1.36 bits per heavy atom. The number of amides is 1. The number of hydrogen-bond donors (Lipinski definition) is 0. The van der Waals surface area contributed by atoms with Crippen molar-refractivity contribution in [2.45, 2.75) is 23.0 Å². The number of benzene rings is 1. The van der Waals surface area contributed by atoms with Gasteiger partial charge in [-0.2, -0.15) is 10.4 Å². The monoisotopic (exact) mass is 312 g/mol. The van der Waals surface area contributed by atoms with Crippen molar-refractivity contribution in [3.05, 3.63) is 42.2 Å². The number of rotatable bonds is 3. The lowest BCUT2D eigenvalue weighted by Gasteiger charge is -2.31. The van der Waals surface area contributed by atoms with Crippen LogP contribution in [0.15, 0.2) is 41.6 Å². The highest BCUT2D eigenvalue weighted by molar-refractivity contribution is 8.00. The maximum atomic E-state index is 12.7. The third-order valence-corrected chi connectivity index (χ3v) is 4.92. The molecule has 5 nitrogen and oxygen atoms in total. The summed E-state index contributed by atoms with van der Waals surface area (Å²) in [5, 5.41) is 12.9. The van der Waals surface area contributed by atoms with Crippen LogP contribution in [0.5, 0.6) is 0 Å². The van der Waals surface area contributed by atoms with E-state index in [0.717, 1.165) is 30.0 Å². The minimum atomic E-state index is -0.0816. The number of anilines is 1. The number of nitriles is 1. The summed E-state index contributed by atoms with van der Waals surface area (Å²) in [6, 6.07) is 9.48. The zero-order valence-electron chi connectivity index (χ0n) is 12.3. The molecule has 1 atom stereocenters. The molecular formula is C16H16N4OS. The van der Waals surface area contributed by atoms with Crippen LogP contribution >= 0.6 is 11.8 Å². The van der Waals surface area contributed by atoms with Crippen molar-refractivity contribution in [3.63, 3.8) is 0 Å². The van der Waals surface area contributed by atoms with Crippen molar-refractivity contribution in [2.24, 2.45) is 7.05 Å². The van der Waals surface area contributed by atoms with Gasteiger partial charge >= 0.3 is 0 Å². The fraction of sp³-hybridized carbons (Fsp3) is 0.312. The van der Waals surface area contributed by atoms with Crippen LogP contribution in [0.4, 0.5) is 5.69 Å². The van der Waals surface area contributed by atoms with E-state index in [4.69, 9.17) is 5.26 Å². The number of aromatic nitrogens is 2. The molecule has 2 aromatic rings. The van der Waals surface area contributed by atoms with Gasteiger partial charge in [0.1, 0.15) is 0 Å². The normalized spacial score (nSPS) is 18.3. The van der Waals surface area contributed by atoms with E-state index in [1.54, 1.807) is 34.8 Å². The van der Waals surface area contributed by atoms with E-state index in [-0.39, 0.29) is 11.2 Å². The third-order valence-electron chi connectivity index (χ3n) is 3.65. The van der Waals surface area contributed by atoms with Gasteiger partial charge in [0.25, 0.3) is 0 Å². The Labute approximate surface area is 133 Å². The number of thioether (sulfide) groups is 1. The smallest absolute Gasteiger partial charge is 0.240 e. The van der Waals surface area contributed by atoms with Crippen molar-refractivity contribution in [1.82, 2.24) is 9.78 Å². The minimum absolute atomic E-state index is 0.0816. The molecule has 6 heteroatoms. The highest BCUT2D eigenvalue weighted by Crippen LogP contribution is 2.32. The molecule has 1 aliphatic rings. The molecule has 0 unspecified atom stereocenters. The summed E-state index contributed by atoms with van der Waals surface area (Å²) in [6.45, 7) is 0.745. The second-order valence-electron chi connectivity index (χ2n) is 5.25. The molecule has 1 aromatic heterocycles. The maximum absolute atomic E-state index is 12.7. The molecule has 0 N–H and O–H groups in total. The standard InChI is InChI=1S/C16H16N4OS/c1-19-11-13(10-18-19)20-8-2-3-15(16(20)21)22-14-6-4-12(9-17)5-7-14/h4-7,10-11,15H,2-3,8H2,1H3/t15-/m0/s1. The fourth-order valence-electron chi connectivity index (χ4n) is 2.53. The van der Waals surface area contributed by atoms with E-state index in [1.807, 2.05) is 30.3 Å². The van der Waals surface area contributed by atoms with Gasteiger partial charge in [0.05, 0.1) is 28.8 Å². The van der Waals surface area contributed by atoms with E-state index >= 15 is 0 Å². The Morgan fingerprint density at radius 2 is 2.14 bits per heavy atom. The first-order chi connectivity index (χ1) is 10.7.